The maximum atomic E-state index is 10.9. The van der Waals surface area contributed by atoms with Crippen molar-refractivity contribution in [3.05, 3.63) is 11.8 Å². The fourth-order valence-electron chi connectivity index (χ4n) is 0.483. The Balaban J connectivity index is 4.14. The van der Waals surface area contributed by atoms with E-state index in [-0.39, 0.29) is 5.76 Å². The standard InChI is InChI=1S/C8H13NO4/c1-6(5-7(10)12-4)13-8(11)9(2)3/h5H,1-4H3/b6-5+. The van der Waals surface area contributed by atoms with Crippen molar-refractivity contribution in [3.63, 3.8) is 0 Å². The average molecular weight is 187 g/mol. The quantitative estimate of drug-likeness (QED) is 0.364. The van der Waals surface area contributed by atoms with Gasteiger partial charge in [-0.25, -0.2) is 9.59 Å². The summed E-state index contributed by atoms with van der Waals surface area (Å²) in [6.45, 7) is 1.50. The average Bonchev–Trinajstić information content (AvgIpc) is 2.03. The van der Waals surface area contributed by atoms with Gasteiger partial charge in [-0.3, -0.25) is 0 Å². The third kappa shape index (κ3) is 4.84. The summed E-state index contributed by atoms with van der Waals surface area (Å²) in [5.41, 5.74) is 0. The minimum Gasteiger partial charge on any atom is -0.466 e. The van der Waals surface area contributed by atoms with Gasteiger partial charge in [-0.2, -0.15) is 0 Å². The van der Waals surface area contributed by atoms with Crippen LogP contribution in [-0.2, 0) is 14.3 Å². The molecule has 0 fully saturated rings. The smallest absolute Gasteiger partial charge is 0.414 e. The molecule has 0 aliphatic carbocycles. The van der Waals surface area contributed by atoms with Crippen molar-refractivity contribution in [1.29, 1.82) is 0 Å². The summed E-state index contributed by atoms with van der Waals surface area (Å²) >= 11 is 0. The number of carbonyl (C=O) groups excluding carboxylic acids is 2. The first kappa shape index (κ1) is 11.5. The predicted molar refractivity (Wildman–Crippen MR) is 45.9 cm³/mol. The Kier molecular flexibility index (Phi) is 4.58. The Labute approximate surface area is 76.9 Å². The summed E-state index contributed by atoms with van der Waals surface area (Å²) in [5.74, 6) is -0.352. The van der Waals surface area contributed by atoms with Crippen molar-refractivity contribution < 1.29 is 19.1 Å². The SMILES string of the molecule is COC(=O)/C=C(\C)OC(=O)N(C)C. The molecule has 0 spiro atoms. The van der Waals surface area contributed by atoms with Crippen LogP contribution >= 0.6 is 0 Å². The summed E-state index contributed by atoms with van der Waals surface area (Å²) in [6, 6.07) is 0. The fourth-order valence-corrected chi connectivity index (χ4v) is 0.483. The van der Waals surface area contributed by atoms with Crippen LogP contribution in [0.25, 0.3) is 0 Å². The van der Waals surface area contributed by atoms with Gasteiger partial charge in [0, 0.05) is 14.1 Å². The number of carbonyl (C=O) groups is 2. The van der Waals surface area contributed by atoms with Gasteiger partial charge in [0.05, 0.1) is 13.2 Å². The highest BCUT2D eigenvalue weighted by Gasteiger charge is 2.06. The molecule has 0 aromatic carbocycles. The molecule has 0 N–H and O–H groups in total. The van der Waals surface area contributed by atoms with Gasteiger partial charge in [-0.15, -0.1) is 0 Å². The number of methoxy groups -OCH3 is 1. The largest absolute Gasteiger partial charge is 0.466 e. The molecule has 0 rings (SSSR count). The first-order valence-corrected chi connectivity index (χ1v) is 3.62. The first-order chi connectivity index (χ1) is 5.97. The molecule has 0 aromatic heterocycles. The zero-order valence-corrected chi connectivity index (χ0v) is 8.16. The number of allylic oxidation sites excluding steroid dienone is 1. The molecular weight excluding hydrogens is 174 g/mol. The maximum Gasteiger partial charge on any atom is 0.414 e. The first-order valence-electron chi connectivity index (χ1n) is 3.62. The second-order valence-electron chi connectivity index (χ2n) is 2.54. The molecule has 0 unspecified atom stereocenters. The van der Waals surface area contributed by atoms with Crippen LogP contribution in [0.2, 0.25) is 0 Å². The van der Waals surface area contributed by atoms with Gasteiger partial charge < -0.3 is 14.4 Å². The van der Waals surface area contributed by atoms with Crippen LogP contribution in [-0.4, -0.2) is 38.2 Å². The molecule has 74 valence electrons. The lowest BCUT2D eigenvalue weighted by Crippen LogP contribution is -2.22. The normalized spacial score (nSPS) is 10.6. The zero-order valence-electron chi connectivity index (χ0n) is 8.16. The second-order valence-corrected chi connectivity index (χ2v) is 2.54. The van der Waals surface area contributed by atoms with Crippen molar-refractivity contribution in [2.45, 2.75) is 6.92 Å². The van der Waals surface area contributed by atoms with E-state index in [1.807, 2.05) is 0 Å². The lowest BCUT2D eigenvalue weighted by molar-refractivity contribution is -0.135. The van der Waals surface area contributed by atoms with Gasteiger partial charge >= 0.3 is 12.1 Å². The zero-order chi connectivity index (χ0) is 10.4. The third-order valence-electron chi connectivity index (χ3n) is 1.14. The molecule has 5 nitrogen and oxygen atoms in total. The number of esters is 1. The molecule has 0 heterocycles. The minimum atomic E-state index is -0.552. The van der Waals surface area contributed by atoms with E-state index in [1.54, 1.807) is 14.1 Å². The molecule has 0 bridgehead atoms. The van der Waals surface area contributed by atoms with Crippen molar-refractivity contribution in [1.82, 2.24) is 4.90 Å². The maximum absolute atomic E-state index is 10.9. The van der Waals surface area contributed by atoms with Crippen LogP contribution in [0.5, 0.6) is 0 Å². The number of amides is 1. The molecular formula is C8H13NO4. The monoisotopic (exact) mass is 187 g/mol. The van der Waals surface area contributed by atoms with Crippen molar-refractivity contribution >= 4 is 12.1 Å². The summed E-state index contributed by atoms with van der Waals surface area (Å²) in [6.07, 6.45) is 0.569. The van der Waals surface area contributed by atoms with E-state index in [1.165, 1.54) is 18.9 Å². The highest BCUT2D eigenvalue weighted by atomic mass is 16.6. The van der Waals surface area contributed by atoms with Crippen LogP contribution < -0.4 is 0 Å². The summed E-state index contributed by atoms with van der Waals surface area (Å²) in [5, 5.41) is 0. The molecule has 13 heavy (non-hydrogen) atoms. The fraction of sp³-hybridized carbons (Fsp3) is 0.500. The number of nitrogens with zero attached hydrogens (tertiary/aromatic N) is 1. The van der Waals surface area contributed by atoms with E-state index in [4.69, 9.17) is 4.74 Å². The van der Waals surface area contributed by atoms with Gasteiger partial charge in [0.2, 0.25) is 0 Å². The Morgan fingerprint density at radius 3 is 2.23 bits per heavy atom. The van der Waals surface area contributed by atoms with E-state index < -0.39 is 12.1 Å². The van der Waals surface area contributed by atoms with E-state index in [2.05, 4.69) is 4.74 Å². The Hall–Kier alpha value is -1.52. The molecule has 0 saturated heterocycles. The Morgan fingerprint density at radius 2 is 1.85 bits per heavy atom. The summed E-state index contributed by atoms with van der Waals surface area (Å²) < 4.78 is 9.07. The van der Waals surface area contributed by atoms with E-state index in [0.29, 0.717) is 0 Å². The highest BCUT2D eigenvalue weighted by molar-refractivity contribution is 5.82. The Bertz CT molecular complexity index is 232. The van der Waals surface area contributed by atoms with Gasteiger partial charge in [-0.1, -0.05) is 0 Å². The lowest BCUT2D eigenvalue weighted by atomic mass is 10.5. The molecule has 0 atom stereocenters. The van der Waals surface area contributed by atoms with Crippen molar-refractivity contribution in [3.8, 4) is 0 Å². The second kappa shape index (κ2) is 5.18. The minimum absolute atomic E-state index is 0.200. The van der Waals surface area contributed by atoms with Crippen LogP contribution in [0.4, 0.5) is 4.79 Å². The third-order valence-corrected chi connectivity index (χ3v) is 1.14. The number of rotatable bonds is 2. The van der Waals surface area contributed by atoms with Gasteiger partial charge in [0.1, 0.15) is 5.76 Å². The van der Waals surface area contributed by atoms with Gasteiger partial charge in [0.15, 0.2) is 0 Å². The van der Waals surface area contributed by atoms with Crippen LogP contribution in [0.15, 0.2) is 11.8 Å². The van der Waals surface area contributed by atoms with E-state index in [9.17, 15) is 9.59 Å². The van der Waals surface area contributed by atoms with Gasteiger partial charge in [-0.05, 0) is 6.92 Å². The topological polar surface area (TPSA) is 55.8 Å². The number of hydrogen-bond donors (Lipinski definition) is 0. The van der Waals surface area contributed by atoms with E-state index in [0.717, 1.165) is 6.08 Å². The number of hydrogen-bond acceptors (Lipinski definition) is 4. The summed E-state index contributed by atoms with van der Waals surface area (Å²) in [4.78, 5) is 22.9. The van der Waals surface area contributed by atoms with Crippen molar-refractivity contribution in [2.75, 3.05) is 21.2 Å². The molecule has 0 aliphatic heterocycles. The molecule has 0 radical (unpaired) electrons. The van der Waals surface area contributed by atoms with Crippen LogP contribution in [0, 0.1) is 0 Å². The van der Waals surface area contributed by atoms with Crippen molar-refractivity contribution in [2.24, 2.45) is 0 Å². The summed E-state index contributed by atoms with van der Waals surface area (Å²) in [7, 11) is 4.35. The molecule has 1 amide bonds. The van der Waals surface area contributed by atoms with E-state index >= 15 is 0 Å². The molecule has 5 heteroatoms. The highest BCUT2D eigenvalue weighted by Crippen LogP contribution is 1.99. The molecule has 0 aromatic rings. The number of ether oxygens (including phenoxy) is 2. The lowest BCUT2D eigenvalue weighted by Gasteiger charge is -2.10. The van der Waals surface area contributed by atoms with Crippen LogP contribution in [0.1, 0.15) is 6.92 Å². The van der Waals surface area contributed by atoms with Gasteiger partial charge in [0.25, 0.3) is 0 Å². The molecule has 0 saturated carbocycles. The predicted octanol–water partition coefficient (Wildman–Crippen LogP) is 0.761. The molecule has 0 aliphatic rings. The Morgan fingerprint density at radius 1 is 1.31 bits per heavy atom. The van der Waals surface area contributed by atoms with Crippen LogP contribution in [0.3, 0.4) is 0 Å².